The van der Waals surface area contributed by atoms with Crippen molar-refractivity contribution in [1.82, 2.24) is 15.2 Å². The molecule has 1 aliphatic rings. The Bertz CT molecular complexity index is 1010. The van der Waals surface area contributed by atoms with E-state index in [1.54, 1.807) is 0 Å². The van der Waals surface area contributed by atoms with E-state index in [-0.39, 0.29) is 24.1 Å². The number of nitrogens with zero attached hydrogens (tertiary/aromatic N) is 1. The van der Waals surface area contributed by atoms with Gasteiger partial charge in [-0.15, -0.1) is 11.3 Å². The minimum atomic E-state index is -0.244. The first kappa shape index (κ1) is 20.1. The molecular formula is C23H29N3O2S. The summed E-state index contributed by atoms with van der Waals surface area (Å²) in [6, 6.07) is 12.8. The molecule has 1 aromatic carbocycles. The van der Waals surface area contributed by atoms with Crippen LogP contribution in [0, 0.1) is 0 Å². The maximum atomic E-state index is 12.4. The molecule has 1 saturated heterocycles. The number of hydrogen-bond acceptors (Lipinski definition) is 4. The summed E-state index contributed by atoms with van der Waals surface area (Å²) in [4.78, 5) is 20.1. The highest BCUT2D eigenvalue weighted by Gasteiger charge is 2.24. The summed E-state index contributed by atoms with van der Waals surface area (Å²) < 4.78 is 0. The Morgan fingerprint density at radius 1 is 1.28 bits per heavy atom. The predicted molar refractivity (Wildman–Crippen MR) is 119 cm³/mol. The standard InChI is InChI=1S/C23H29N3O2S/c1-23(2,3)25-22(28)21-9-8-20(29-21)15-6-7-19-16(11-15)12-17(24-19)13-26-10-4-5-18(26)14-27/h6-9,11-12,18,24,27H,4-5,10,13-14H2,1-3H3,(H,25,28)/t18-/m1/s1. The Labute approximate surface area is 175 Å². The molecule has 1 atom stereocenters. The number of nitrogens with one attached hydrogen (secondary N) is 2. The molecule has 0 bridgehead atoms. The lowest BCUT2D eigenvalue weighted by Crippen LogP contribution is -2.40. The zero-order valence-electron chi connectivity index (χ0n) is 17.3. The van der Waals surface area contributed by atoms with Crippen molar-refractivity contribution in [2.75, 3.05) is 13.2 Å². The number of rotatable bonds is 5. The first-order valence-corrected chi connectivity index (χ1v) is 11.0. The second-order valence-corrected chi connectivity index (χ2v) is 10.00. The van der Waals surface area contributed by atoms with Crippen LogP contribution in [0.3, 0.4) is 0 Å². The number of H-pyrrole nitrogens is 1. The molecule has 6 heteroatoms. The quantitative estimate of drug-likeness (QED) is 0.584. The Kier molecular flexibility index (Phi) is 5.51. The smallest absolute Gasteiger partial charge is 0.261 e. The molecule has 2 aromatic heterocycles. The zero-order valence-corrected chi connectivity index (χ0v) is 18.1. The van der Waals surface area contributed by atoms with Gasteiger partial charge in [0.25, 0.3) is 5.91 Å². The van der Waals surface area contributed by atoms with E-state index in [0.717, 1.165) is 46.8 Å². The average molecular weight is 412 g/mol. The second-order valence-electron chi connectivity index (χ2n) is 8.91. The van der Waals surface area contributed by atoms with E-state index in [1.165, 1.54) is 22.4 Å². The monoisotopic (exact) mass is 411 g/mol. The minimum Gasteiger partial charge on any atom is -0.395 e. The van der Waals surface area contributed by atoms with E-state index < -0.39 is 0 Å². The van der Waals surface area contributed by atoms with Crippen LogP contribution in [0.1, 0.15) is 49.0 Å². The molecule has 0 spiro atoms. The Morgan fingerprint density at radius 2 is 2.10 bits per heavy atom. The maximum absolute atomic E-state index is 12.4. The molecule has 3 aromatic rings. The summed E-state index contributed by atoms with van der Waals surface area (Å²) in [6.45, 7) is 8.07. The van der Waals surface area contributed by atoms with Crippen molar-refractivity contribution in [2.24, 2.45) is 0 Å². The molecule has 1 amide bonds. The number of benzene rings is 1. The molecule has 0 saturated carbocycles. The van der Waals surface area contributed by atoms with Crippen LogP contribution in [0.15, 0.2) is 36.4 Å². The fraction of sp³-hybridized carbons (Fsp3) is 0.435. The van der Waals surface area contributed by atoms with E-state index in [9.17, 15) is 9.90 Å². The predicted octanol–water partition coefficient (Wildman–Crippen LogP) is 4.38. The molecule has 0 unspecified atom stereocenters. The van der Waals surface area contributed by atoms with Gasteiger partial charge in [-0.3, -0.25) is 9.69 Å². The van der Waals surface area contributed by atoms with E-state index >= 15 is 0 Å². The molecule has 29 heavy (non-hydrogen) atoms. The summed E-state index contributed by atoms with van der Waals surface area (Å²) in [6.07, 6.45) is 2.23. The van der Waals surface area contributed by atoms with Crippen molar-refractivity contribution < 1.29 is 9.90 Å². The Morgan fingerprint density at radius 3 is 2.86 bits per heavy atom. The van der Waals surface area contributed by atoms with Gasteiger partial charge in [-0.2, -0.15) is 0 Å². The van der Waals surface area contributed by atoms with Crippen LogP contribution in [0.25, 0.3) is 21.3 Å². The van der Waals surface area contributed by atoms with Gasteiger partial charge >= 0.3 is 0 Å². The molecule has 3 N–H and O–H groups in total. The molecule has 1 aliphatic heterocycles. The van der Waals surface area contributed by atoms with Gasteiger partial charge in [-0.25, -0.2) is 0 Å². The van der Waals surface area contributed by atoms with Crippen molar-refractivity contribution >= 4 is 28.1 Å². The van der Waals surface area contributed by atoms with Crippen LogP contribution in [0.2, 0.25) is 0 Å². The lowest BCUT2D eigenvalue weighted by molar-refractivity contribution is 0.0923. The number of likely N-dealkylation sites (tertiary alicyclic amines) is 1. The third kappa shape index (κ3) is 4.55. The number of amides is 1. The lowest BCUT2D eigenvalue weighted by atomic mass is 10.1. The number of thiophene rings is 1. The normalized spacial score (nSPS) is 17.9. The summed E-state index contributed by atoms with van der Waals surface area (Å²) >= 11 is 1.52. The third-order valence-corrected chi connectivity index (χ3v) is 6.50. The number of carbonyl (C=O) groups is 1. The molecule has 0 radical (unpaired) electrons. The SMILES string of the molecule is CC(C)(C)NC(=O)c1ccc(-c2ccc3[nH]c(CN4CCC[C@@H]4CO)cc3c2)s1. The maximum Gasteiger partial charge on any atom is 0.261 e. The van der Waals surface area contributed by atoms with Gasteiger partial charge in [0, 0.05) is 39.6 Å². The van der Waals surface area contributed by atoms with Crippen LogP contribution < -0.4 is 5.32 Å². The molecule has 3 heterocycles. The lowest BCUT2D eigenvalue weighted by Gasteiger charge is -2.21. The van der Waals surface area contributed by atoms with Gasteiger partial charge < -0.3 is 15.4 Å². The molecule has 4 rings (SSSR count). The van der Waals surface area contributed by atoms with Crippen LogP contribution in [-0.2, 0) is 6.54 Å². The molecule has 154 valence electrons. The van der Waals surface area contributed by atoms with Gasteiger partial charge in [0.15, 0.2) is 0 Å². The number of aromatic nitrogens is 1. The second kappa shape index (κ2) is 7.94. The number of carbonyl (C=O) groups excluding carboxylic acids is 1. The van der Waals surface area contributed by atoms with Crippen molar-refractivity contribution in [3.05, 3.63) is 47.0 Å². The highest BCUT2D eigenvalue weighted by atomic mass is 32.1. The van der Waals surface area contributed by atoms with Gasteiger partial charge in [0.1, 0.15) is 0 Å². The summed E-state index contributed by atoms with van der Waals surface area (Å²) in [7, 11) is 0. The number of aliphatic hydroxyl groups excluding tert-OH is 1. The fourth-order valence-corrected chi connectivity index (χ4v) is 4.87. The summed E-state index contributed by atoms with van der Waals surface area (Å²) in [5.74, 6) is -0.0252. The summed E-state index contributed by atoms with van der Waals surface area (Å²) in [5.41, 5.74) is 3.17. The number of aliphatic hydroxyl groups is 1. The highest BCUT2D eigenvalue weighted by Crippen LogP contribution is 2.31. The van der Waals surface area contributed by atoms with Crippen LogP contribution >= 0.6 is 11.3 Å². The van der Waals surface area contributed by atoms with Gasteiger partial charge in [-0.1, -0.05) is 6.07 Å². The number of hydrogen-bond donors (Lipinski definition) is 3. The number of aromatic amines is 1. The molecule has 0 aliphatic carbocycles. The largest absolute Gasteiger partial charge is 0.395 e. The van der Waals surface area contributed by atoms with Crippen LogP contribution in [0.5, 0.6) is 0 Å². The fourth-order valence-electron chi connectivity index (χ4n) is 3.98. The van der Waals surface area contributed by atoms with E-state index in [2.05, 4.69) is 39.5 Å². The average Bonchev–Trinajstić information content (AvgIpc) is 3.38. The van der Waals surface area contributed by atoms with Crippen molar-refractivity contribution in [1.29, 1.82) is 0 Å². The minimum absolute atomic E-state index is 0.0252. The van der Waals surface area contributed by atoms with Crippen LogP contribution in [-0.4, -0.2) is 45.6 Å². The zero-order chi connectivity index (χ0) is 20.6. The van der Waals surface area contributed by atoms with Gasteiger partial charge in [0.2, 0.25) is 0 Å². The van der Waals surface area contributed by atoms with Gasteiger partial charge in [0.05, 0.1) is 11.5 Å². The third-order valence-electron chi connectivity index (χ3n) is 5.36. The molecule has 5 nitrogen and oxygen atoms in total. The first-order chi connectivity index (χ1) is 13.8. The van der Waals surface area contributed by atoms with E-state index in [1.807, 2.05) is 32.9 Å². The van der Waals surface area contributed by atoms with E-state index in [0.29, 0.717) is 0 Å². The van der Waals surface area contributed by atoms with Crippen molar-refractivity contribution in [3.8, 4) is 10.4 Å². The van der Waals surface area contributed by atoms with Crippen LogP contribution in [0.4, 0.5) is 0 Å². The first-order valence-electron chi connectivity index (χ1n) is 10.2. The van der Waals surface area contributed by atoms with Crippen molar-refractivity contribution in [2.45, 2.75) is 51.7 Å². The Balaban J connectivity index is 1.53. The highest BCUT2D eigenvalue weighted by molar-refractivity contribution is 7.17. The summed E-state index contributed by atoms with van der Waals surface area (Å²) in [5, 5.41) is 13.7. The van der Waals surface area contributed by atoms with Gasteiger partial charge in [-0.05, 0) is 76.1 Å². The van der Waals surface area contributed by atoms with E-state index in [4.69, 9.17) is 0 Å². The topological polar surface area (TPSA) is 68.4 Å². The molecule has 1 fully saturated rings. The molecular weight excluding hydrogens is 382 g/mol. The number of fused-ring (bicyclic) bond motifs is 1. The van der Waals surface area contributed by atoms with Crippen molar-refractivity contribution in [3.63, 3.8) is 0 Å². The Hall–Kier alpha value is -2.15.